The second-order valence-corrected chi connectivity index (χ2v) is 4.24. The maximum atomic E-state index is 10.7. The number of nitro benzene ring substituents is 1. The normalized spacial score (nSPS) is 15.7. The Hall–Kier alpha value is -2.14. The lowest BCUT2D eigenvalue weighted by Gasteiger charge is -2.12. The van der Waals surface area contributed by atoms with Crippen molar-refractivity contribution >= 4 is 22.2 Å². The molecule has 2 heterocycles. The van der Waals surface area contributed by atoms with Gasteiger partial charge in [-0.15, -0.1) is 0 Å². The first kappa shape index (κ1) is 11.0. The van der Waals surface area contributed by atoms with Crippen molar-refractivity contribution in [3.63, 3.8) is 0 Å². The monoisotopic (exact) mass is 244 g/mol. The Labute approximate surface area is 103 Å². The van der Waals surface area contributed by atoms with E-state index < -0.39 is 0 Å². The molecule has 0 bridgehead atoms. The molecule has 2 aromatic rings. The number of rotatable bonds is 2. The Morgan fingerprint density at radius 2 is 2.28 bits per heavy atom. The maximum absolute atomic E-state index is 10.7. The Morgan fingerprint density at radius 3 is 3.00 bits per heavy atom. The number of aromatic amines is 1. The maximum Gasteiger partial charge on any atom is 0.271 e. The molecule has 1 aromatic carbocycles. The summed E-state index contributed by atoms with van der Waals surface area (Å²) in [5, 5.41) is 11.7. The second kappa shape index (κ2) is 4.27. The molecule has 0 spiro atoms. The number of benzene rings is 1. The summed E-state index contributed by atoms with van der Waals surface area (Å²) in [5.41, 5.74) is 3.26. The van der Waals surface area contributed by atoms with Gasteiger partial charge in [0.05, 0.1) is 23.7 Å². The van der Waals surface area contributed by atoms with Crippen molar-refractivity contribution in [3.05, 3.63) is 46.1 Å². The van der Waals surface area contributed by atoms with E-state index in [1.54, 1.807) is 18.2 Å². The third-order valence-corrected chi connectivity index (χ3v) is 3.19. The van der Waals surface area contributed by atoms with Crippen molar-refractivity contribution in [2.75, 3.05) is 13.2 Å². The molecule has 0 fully saturated rings. The standard InChI is InChI=1S/C13H12N2O3/c16-15(17)10-1-2-11-12(8-14-13(11)7-10)9-3-5-18-6-4-9/h1-3,7-8,14H,4-6H2. The van der Waals surface area contributed by atoms with Gasteiger partial charge in [0, 0.05) is 29.3 Å². The molecule has 0 radical (unpaired) electrons. The smallest absolute Gasteiger partial charge is 0.271 e. The predicted molar refractivity (Wildman–Crippen MR) is 68.4 cm³/mol. The van der Waals surface area contributed by atoms with Crippen LogP contribution >= 0.6 is 0 Å². The first-order chi connectivity index (χ1) is 8.75. The van der Waals surface area contributed by atoms with Gasteiger partial charge in [0.2, 0.25) is 0 Å². The zero-order valence-electron chi connectivity index (χ0n) is 9.68. The minimum absolute atomic E-state index is 0.108. The van der Waals surface area contributed by atoms with Gasteiger partial charge in [-0.2, -0.15) is 0 Å². The third kappa shape index (κ3) is 1.78. The molecule has 0 aliphatic carbocycles. The van der Waals surface area contributed by atoms with Crippen LogP contribution in [0.4, 0.5) is 5.69 Å². The lowest BCUT2D eigenvalue weighted by molar-refractivity contribution is -0.384. The van der Waals surface area contributed by atoms with Gasteiger partial charge in [-0.3, -0.25) is 10.1 Å². The van der Waals surface area contributed by atoms with E-state index in [0.29, 0.717) is 6.61 Å². The molecule has 0 unspecified atom stereocenters. The van der Waals surface area contributed by atoms with Gasteiger partial charge in [0.1, 0.15) is 0 Å². The van der Waals surface area contributed by atoms with Crippen LogP contribution < -0.4 is 0 Å². The van der Waals surface area contributed by atoms with Gasteiger partial charge >= 0.3 is 0 Å². The summed E-state index contributed by atoms with van der Waals surface area (Å²) < 4.78 is 5.28. The van der Waals surface area contributed by atoms with Crippen LogP contribution in [0.1, 0.15) is 12.0 Å². The molecule has 1 aromatic heterocycles. The molecule has 5 nitrogen and oxygen atoms in total. The zero-order chi connectivity index (χ0) is 12.5. The molecular formula is C13H12N2O3. The summed E-state index contributed by atoms with van der Waals surface area (Å²) in [5.74, 6) is 0. The molecule has 1 aliphatic rings. The van der Waals surface area contributed by atoms with Gasteiger partial charge in [0.25, 0.3) is 5.69 Å². The molecule has 0 atom stereocenters. The average molecular weight is 244 g/mol. The first-order valence-corrected chi connectivity index (χ1v) is 5.78. The van der Waals surface area contributed by atoms with Crippen LogP contribution in [-0.4, -0.2) is 23.1 Å². The van der Waals surface area contributed by atoms with Gasteiger partial charge in [-0.1, -0.05) is 6.08 Å². The molecule has 0 saturated carbocycles. The molecule has 18 heavy (non-hydrogen) atoms. The molecular weight excluding hydrogens is 232 g/mol. The summed E-state index contributed by atoms with van der Waals surface area (Å²) in [6.07, 6.45) is 4.85. The van der Waals surface area contributed by atoms with E-state index in [1.165, 1.54) is 5.57 Å². The lowest BCUT2D eigenvalue weighted by atomic mass is 10.0. The van der Waals surface area contributed by atoms with E-state index in [4.69, 9.17) is 4.74 Å². The van der Waals surface area contributed by atoms with Crippen molar-refractivity contribution in [1.82, 2.24) is 4.98 Å². The van der Waals surface area contributed by atoms with Gasteiger partial charge in [-0.05, 0) is 18.1 Å². The number of hydrogen-bond donors (Lipinski definition) is 1. The fraction of sp³-hybridized carbons (Fsp3) is 0.231. The predicted octanol–water partition coefficient (Wildman–Crippen LogP) is 2.88. The lowest BCUT2D eigenvalue weighted by Crippen LogP contribution is -2.03. The summed E-state index contributed by atoms with van der Waals surface area (Å²) in [6, 6.07) is 4.91. The number of non-ortho nitro benzene ring substituents is 1. The number of hydrogen-bond acceptors (Lipinski definition) is 3. The quantitative estimate of drug-likeness (QED) is 0.652. The number of ether oxygens (including phenoxy) is 1. The number of nitro groups is 1. The minimum Gasteiger partial charge on any atom is -0.377 e. The van der Waals surface area contributed by atoms with Crippen molar-refractivity contribution in [2.45, 2.75) is 6.42 Å². The molecule has 3 rings (SSSR count). The summed E-state index contributed by atoms with van der Waals surface area (Å²) in [6.45, 7) is 1.36. The average Bonchev–Trinajstić information content (AvgIpc) is 2.82. The fourth-order valence-electron chi connectivity index (χ4n) is 2.27. The highest BCUT2D eigenvalue weighted by molar-refractivity contribution is 5.93. The molecule has 0 amide bonds. The Kier molecular flexibility index (Phi) is 2.60. The van der Waals surface area contributed by atoms with Crippen molar-refractivity contribution in [3.8, 4) is 0 Å². The number of fused-ring (bicyclic) bond motifs is 1. The highest BCUT2D eigenvalue weighted by Gasteiger charge is 2.13. The molecule has 0 saturated heterocycles. The Morgan fingerprint density at radius 1 is 1.39 bits per heavy atom. The van der Waals surface area contributed by atoms with Crippen LogP contribution in [0.2, 0.25) is 0 Å². The van der Waals surface area contributed by atoms with E-state index >= 15 is 0 Å². The minimum atomic E-state index is -0.381. The highest BCUT2D eigenvalue weighted by atomic mass is 16.6. The number of aromatic nitrogens is 1. The SMILES string of the molecule is O=[N+]([O-])c1ccc2c(C3=CCOCC3)c[nH]c2c1. The van der Waals surface area contributed by atoms with Crippen molar-refractivity contribution < 1.29 is 9.66 Å². The van der Waals surface area contributed by atoms with E-state index in [9.17, 15) is 10.1 Å². The van der Waals surface area contributed by atoms with Gasteiger partial charge < -0.3 is 9.72 Å². The van der Waals surface area contributed by atoms with E-state index in [2.05, 4.69) is 11.1 Å². The van der Waals surface area contributed by atoms with E-state index in [-0.39, 0.29) is 10.6 Å². The molecule has 92 valence electrons. The summed E-state index contributed by atoms with van der Waals surface area (Å²) >= 11 is 0. The Bertz CT molecular complexity index is 643. The fourth-order valence-corrected chi connectivity index (χ4v) is 2.27. The second-order valence-electron chi connectivity index (χ2n) is 4.24. The first-order valence-electron chi connectivity index (χ1n) is 5.78. The van der Waals surface area contributed by atoms with Gasteiger partial charge in [-0.25, -0.2) is 0 Å². The molecule has 1 N–H and O–H groups in total. The number of H-pyrrole nitrogens is 1. The van der Waals surface area contributed by atoms with Gasteiger partial charge in [0.15, 0.2) is 0 Å². The number of nitrogens with one attached hydrogen (secondary N) is 1. The van der Waals surface area contributed by atoms with E-state index in [1.807, 2.05) is 6.20 Å². The van der Waals surface area contributed by atoms with Crippen LogP contribution in [0.15, 0.2) is 30.5 Å². The Balaban J connectivity index is 2.09. The van der Waals surface area contributed by atoms with Crippen LogP contribution in [0.3, 0.4) is 0 Å². The van der Waals surface area contributed by atoms with Crippen LogP contribution in [0.5, 0.6) is 0 Å². The largest absolute Gasteiger partial charge is 0.377 e. The van der Waals surface area contributed by atoms with Crippen molar-refractivity contribution in [1.29, 1.82) is 0 Å². The van der Waals surface area contributed by atoms with Crippen LogP contribution in [-0.2, 0) is 4.74 Å². The highest BCUT2D eigenvalue weighted by Crippen LogP contribution is 2.30. The molecule has 1 aliphatic heterocycles. The van der Waals surface area contributed by atoms with Crippen molar-refractivity contribution in [2.24, 2.45) is 0 Å². The topological polar surface area (TPSA) is 68.2 Å². The summed E-state index contributed by atoms with van der Waals surface area (Å²) in [7, 11) is 0. The third-order valence-electron chi connectivity index (χ3n) is 3.19. The number of nitrogens with zero attached hydrogens (tertiary/aromatic N) is 1. The summed E-state index contributed by atoms with van der Waals surface area (Å²) in [4.78, 5) is 13.4. The van der Waals surface area contributed by atoms with Crippen LogP contribution in [0.25, 0.3) is 16.5 Å². The van der Waals surface area contributed by atoms with Crippen LogP contribution in [0, 0.1) is 10.1 Å². The van der Waals surface area contributed by atoms with E-state index in [0.717, 1.165) is 29.5 Å². The zero-order valence-corrected chi connectivity index (χ0v) is 9.68. The molecule has 5 heteroatoms.